The number of carboxylic acid groups (broad SMARTS) is 1. The number of hydrogen-bond acceptors (Lipinski definition) is 8. The molecule has 2 atom stereocenters. The van der Waals surface area contributed by atoms with E-state index in [2.05, 4.69) is 30.3 Å². The quantitative estimate of drug-likeness (QED) is 0.408. The second-order valence-electron chi connectivity index (χ2n) is 9.15. The smallest absolute Gasteiger partial charge is 0.408 e. The van der Waals surface area contributed by atoms with E-state index >= 15 is 0 Å². The molecule has 2 fully saturated rings. The van der Waals surface area contributed by atoms with Crippen molar-refractivity contribution in [3.05, 3.63) is 41.1 Å². The third kappa shape index (κ3) is 4.59. The first-order valence-electron chi connectivity index (χ1n) is 11.1. The normalized spacial score (nSPS) is 22.1. The molecule has 3 N–H and O–H groups in total. The number of imidazole rings is 1. The van der Waals surface area contributed by atoms with Gasteiger partial charge in [-0.3, -0.25) is 14.4 Å². The van der Waals surface area contributed by atoms with Crippen molar-refractivity contribution < 1.29 is 37.3 Å². The molecule has 2 unspecified atom stereocenters. The molecule has 5 rings (SSSR count). The van der Waals surface area contributed by atoms with Crippen LogP contribution in [0.25, 0.3) is 5.65 Å². The minimum absolute atomic E-state index is 0.0348. The molecule has 0 radical (unpaired) electrons. The predicted molar refractivity (Wildman–Crippen MR) is 111 cm³/mol. The lowest BCUT2D eigenvalue weighted by atomic mass is 9.76. The average Bonchev–Trinajstić information content (AvgIpc) is 3.23. The molecule has 1 aliphatic carbocycles. The Labute approximate surface area is 200 Å². The van der Waals surface area contributed by atoms with E-state index in [-0.39, 0.29) is 24.6 Å². The van der Waals surface area contributed by atoms with Gasteiger partial charge in [-0.25, -0.2) is 14.1 Å². The van der Waals surface area contributed by atoms with Crippen molar-refractivity contribution in [1.29, 1.82) is 0 Å². The molecule has 0 spiro atoms. The first kappa shape index (κ1) is 23.7. The van der Waals surface area contributed by atoms with E-state index in [1.54, 1.807) is 6.20 Å². The van der Waals surface area contributed by atoms with Gasteiger partial charge in [0.25, 0.3) is 5.91 Å². The summed E-state index contributed by atoms with van der Waals surface area (Å²) in [6.07, 6.45) is -1.68. The molecule has 4 heterocycles. The van der Waals surface area contributed by atoms with E-state index < -0.39 is 48.3 Å². The largest absolute Gasteiger partial charge is 0.481 e. The Morgan fingerprint density at radius 1 is 1.31 bits per heavy atom. The molecular formula is C21H20F3N7O5. The predicted octanol–water partition coefficient (Wildman–Crippen LogP) is 1.37. The summed E-state index contributed by atoms with van der Waals surface area (Å²) in [6, 6.07) is -0.605. The lowest BCUT2D eigenvalue weighted by Crippen LogP contribution is -2.39. The van der Waals surface area contributed by atoms with Crippen LogP contribution < -0.4 is 10.6 Å². The van der Waals surface area contributed by atoms with Crippen LogP contribution in [-0.4, -0.2) is 60.0 Å². The number of fused-ring (bicyclic) bond motifs is 1. The summed E-state index contributed by atoms with van der Waals surface area (Å²) >= 11 is 0. The molecular weight excluding hydrogens is 487 g/mol. The van der Waals surface area contributed by atoms with E-state index in [4.69, 9.17) is 0 Å². The monoisotopic (exact) mass is 507 g/mol. The van der Waals surface area contributed by atoms with Crippen LogP contribution in [0.2, 0.25) is 0 Å². The molecule has 12 nitrogen and oxygen atoms in total. The fraction of sp³-hybridized carbons (Fsp3) is 0.476. The third-order valence-corrected chi connectivity index (χ3v) is 6.36. The topological polar surface area (TPSA) is 165 Å². The zero-order chi connectivity index (χ0) is 25.7. The van der Waals surface area contributed by atoms with Crippen LogP contribution in [0, 0.1) is 5.41 Å². The number of nitrogens with zero attached hydrogens (tertiary/aromatic N) is 5. The molecule has 190 valence electrons. The van der Waals surface area contributed by atoms with Gasteiger partial charge in [-0.05, 0) is 42.5 Å². The molecule has 1 saturated heterocycles. The highest BCUT2D eigenvalue weighted by atomic mass is 19.4. The Morgan fingerprint density at radius 2 is 2.08 bits per heavy atom. The van der Waals surface area contributed by atoms with Crippen molar-refractivity contribution in [1.82, 2.24) is 35.5 Å². The highest BCUT2D eigenvalue weighted by molar-refractivity contribution is 5.93. The Bertz CT molecular complexity index is 1350. The summed E-state index contributed by atoms with van der Waals surface area (Å²) in [4.78, 5) is 40.7. The van der Waals surface area contributed by atoms with Crippen LogP contribution in [-0.2, 0) is 22.6 Å². The zero-order valence-electron chi connectivity index (χ0n) is 18.6. The van der Waals surface area contributed by atoms with Gasteiger partial charge in [0, 0.05) is 5.92 Å². The number of hydrogen-bond donors (Lipinski definition) is 3. The van der Waals surface area contributed by atoms with Crippen molar-refractivity contribution in [3.8, 4) is 0 Å². The number of rotatable bonds is 8. The van der Waals surface area contributed by atoms with Gasteiger partial charge in [0.15, 0.2) is 11.3 Å². The molecule has 2 amide bonds. The van der Waals surface area contributed by atoms with E-state index in [1.807, 2.05) is 5.32 Å². The molecule has 15 heteroatoms. The number of carbonyl (C=O) groups excluding carboxylic acids is 2. The minimum Gasteiger partial charge on any atom is -0.481 e. The maximum Gasteiger partial charge on any atom is 0.408 e. The van der Waals surface area contributed by atoms with E-state index in [9.17, 15) is 32.7 Å². The summed E-state index contributed by atoms with van der Waals surface area (Å²) < 4.78 is 45.7. The van der Waals surface area contributed by atoms with E-state index in [0.717, 1.165) is 12.8 Å². The number of carbonyl (C=O) groups is 3. The van der Waals surface area contributed by atoms with Gasteiger partial charge in [0.2, 0.25) is 5.91 Å². The van der Waals surface area contributed by atoms with Crippen molar-refractivity contribution in [2.75, 3.05) is 0 Å². The van der Waals surface area contributed by atoms with Gasteiger partial charge in [-0.1, -0.05) is 5.16 Å². The van der Waals surface area contributed by atoms with Gasteiger partial charge in [0.1, 0.15) is 11.7 Å². The number of carboxylic acids is 1. The maximum atomic E-state index is 13.2. The molecule has 3 aromatic heterocycles. The second-order valence-corrected chi connectivity index (χ2v) is 9.15. The summed E-state index contributed by atoms with van der Waals surface area (Å²) in [5, 5.41) is 25.5. The summed E-state index contributed by atoms with van der Waals surface area (Å²) in [6.45, 7) is 0.0348. The van der Waals surface area contributed by atoms with Crippen LogP contribution in [0.5, 0.6) is 0 Å². The van der Waals surface area contributed by atoms with Crippen LogP contribution in [0.15, 0.2) is 23.1 Å². The fourth-order valence-corrected chi connectivity index (χ4v) is 4.47. The van der Waals surface area contributed by atoms with Crippen molar-refractivity contribution >= 4 is 23.4 Å². The number of alkyl halides is 3. The number of amides is 2. The SMILES string of the molecule is O=C(O)CC1(Cc2cnn3cc(CNC(=O)c4nonc4C4CC4)nc3c2)CC(C(F)(F)F)NC1=O. The third-order valence-electron chi connectivity index (χ3n) is 6.36. The highest BCUT2D eigenvalue weighted by Crippen LogP contribution is 2.42. The molecule has 2 aliphatic rings. The molecule has 36 heavy (non-hydrogen) atoms. The first-order valence-corrected chi connectivity index (χ1v) is 11.1. The minimum atomic E-state index is -4.69. The Hall–Kier alpha value is -4.04. The van der Waals surface area contributed by atoms with E-state index in [0.29, 0.717) is 22.6 Å². The van der Waals surface area contributed by atoms with Gasteiger partial charge in [0.05, 0.1) is 36.5 Å². The zero-order valence-corrected chi connectivity index (χ0v) is 18.6. The van der Waals surface area contributed by atoms with Crippen molar-refractivity contribution in [2.45, 2.75) is 56.8 Å². The molecule has 1 saturated carbocycles. The van der Waals surface area contributed by atoms with Crippen LogP contribution in [0.3, 0.4) is 0 Å². The lowest BCUT2D eigenvalue weighted by Gasteiger charge is -2.24. The van der Waals surface area contributed by atoms with E-state index in [1.165, 1.54) is 16.8 Å². The fourth-order valence-electron chi connectivity index (χ4n) is 4.47. The van der Waals surface area contributed by atoms with Crippen LogP contribution in [0.1, 0.15) is 59.0 Å². The highest BCUT2D eigenvalue weighted by Gasteiger charge is 2.56. The second kappa shape index (κ2) is 8.57. The maximum absolute atomic E-state index is 13.2. The first-order chi connectivity index (χ1) is 17.0. The lowest BCUT2D eigenvalue weighted by molar-refractivity contribution is -0.155. The molecule has 0 aromatic carbocycles. The molecule has 0 bridgehead atoms. The van der Waals surface area contributed by atoms with Crippen molar-refractivity contribution in [2.24, 2.45) is 5.41 Å². The summed E-state index contributed by atoms with van der Waals surface area (Å²) in [5.41, 5.74) is -0.0283. The summed E-state index contributed by atoms with van der Waals surface area (Å²) in [5.74, 6) is -2.64. The average molecular weight is 507 g/mol. The van der Waals surface area contributed by atoms with Gasteiger partial charge < -0.3 is 15.7 Å². The molecule has 1 aliphatic heterocycles. The molecule has 3 aromatic rings. The van der Waals surface area contributed by atoms with Gasteiger partial charge in [-0.2, -0.15) is 18.3 Å². The van der Waals surface area contributed by atoms with Crippen molar-refractivity contribution in [3.63, 3.8) is 0 Å². The number of aliphatic carboxylic acids is 1. The number of halogens is 3. The number of nitrogens with one attached hydrogen (secondary N) is 2. The Kier molecular flexibility index (Phi) is 5.64. The van der Waals surface area contributed by atoms with Gasteiger partial charge >= 0.3 is 12.1 Å². The number of aromatic nitrogens is 5. The van der Waals surface area contributed by atoms with Crippen LogP contribution >= 0.6 is 0 Å². The Balaban J connectivity index is 1.31. The van der Waals surface area contributed by atoms with Gasteiger partial charge in [-0.15, -0.1) is 0 Å². The standard InChI is InChI=1S/C21H20F3N7O5/c22-21(23,24)13-5-20(6-15(32)33,19(35)28-13)4-10-3-14-27-12(9-31(14)26-7-10)8-25-18(34)17-16(11-1-2-11)29-36-30-17/h3,7,9,11,13H,1-2,4-6,8H2,(H,25,34)(H,28,35)(H,32,33). The Morgan fingerprint density at radius 3 is 2.75 bits per heavy atom. The van der Waals surface area contributed by atoms with Crippen LogP contribution in [0.4, 0.5) is 13.2 Å². The summed E-state index contributed by atoms with van der Waals surface area (Å²) in [7, 11) is 0.